The van der Waals surface area contributed by atoms with Crippen molar-refractivity contribution in [3.63, 3.8) is 0 Å². The second kappa shape index (κ2) is 8.51. The highest BCUT2D eigenvalue weighted by Gasteiger charge is 2.26. The third-order valence-electron chi connectivity index (χ3n) is 7.52. The molecule has 4 heterocycles. The standard InChI is InChI=1S/C28H37N5O/c1-17(2)25-22-13-21(20-9-11-32(12-10-20)15-28(5,6)34)7-8-24(22)30-26(25)23-14-33-16-29-31-27(33)19(4)18(23)3/h7-8,13-14,16-17,20,30,34H,9-12,15H2,1-6H3. The van der Waals surface area contributed by atoms with Gasteiger partial charge in [-0.1, -0.05) is 19.9 Å². The van der Waals surface area contributed by atoms with E-state index in [0.29, 0.717) is 11.8 Å². The van der Waals surface area contributed by atoms with E-state index >= 15 is 0 Å². The van der Waals surface area contributed by atoms with Crippen LogP contribution >= 0.6 is 0 Å². The van der Waals surface area contributed by atoms with Crippen molar-refractivity contribution < 1.29 is 5.11 Å². The molecule has 6 nitrogen and oxygen atoms in total. The van der Waals surface area contributed by atoms with Gasteiger partial charge in [-0.25, -0.2) is 0 Å². The molecule has 34 heavy (non-hydrogen) atoms. The maximum atomic E-state index is 10.2. The zero-order chi connectivity index (χ0) is 24.2. The summed E-state index contributed by atoms with van der Waals surface area (Å²) < 4.78 is 2.03. The molecule has 1 aliphatic heterocycles. The SMILES string of the molecule is Cc1c(-c2[nH]c3ccc(C4CCN(CC(C)(C)O)CC4)cc3c2C(C)C)cn2cnnc2c1C. The Bertz CT molecular complexity index is 1330. The summed E-state index contributed by atoms with van der Waals surface area (Å²) in [4.78, 5) is 6.16. The summed E-state index contributed by atoms with van der Waals surface area (Å²) in [6, 6.07) is 7.01. The van der Waals surface area contributed by atoms with E-state index in [4.69, 9.17) is 0 Å². The fraction of sp³-hybridized carbons (Fsp3) is 0.500. The number of aromatic amines is 1. The smallest absolute Gasteiger partial charge is 0.163 e. The van der Waals surface area contributed by atoms with Gasteiger partial charge in [0.15, 0.2) is 5.65 Å². The van der Waals surface area contributed by atoms with Crippen LogP contribution in [-0.4, -0.2) is 54.8 Å². The number of β-amino-alcohol motifs (C(OH)–C–C–N with tert-alkyl or cyclic N) is 1. The molecule has 1 fully saturated rings. The highest BCUT2D eigenvalue weighted by Crippen LogP contribution is 2.40. The number of fused-ring (bicyclic) bond motifs is 2. The summed E-state index contributed by atoms with van der Waals surface area (Å²) in [7, 11) is 0. The molecule has 0 bridgehead atoms. The van der Waals surface area contributed by atoms with Gasteiger partial charge in [0, 0.05) is 29.2 Å². The molecular formula is C28H37N5O. The Morgan fingerprint density at radius 3 is 2.56 bits per heavy atom. The Hall–Kier alpha value is -2.70. The summed E-state index contributed by atoms with van der Waals surface area (Å²) in [5, 5.41) is 19.9. The minimum Gasteiger partial charge on any atom is -0.389 e. The van der Waals surface area contributed by atoms with Crippen LogP contribution in [0.3, 0.4) is 0 Å². The number of nitrogens with zero attached hydrogens (tertiary/aromatic N) is 4. The number of aryl methyl sites for hydroxylation is 1. The van der Waals surface area contributed by atoms with Crippen molar-refractivity contribution >= 4 is 16.6 Å². The van der Waals surface area contributed by atoms with Crippen molar-refractivity contribution in [2.45, 2.75) is 71.8 Å². The molecule has 1 saturated heterocycles. The Morgan fingerprint density at radius 2 is 1.88 bits per heavy atom. The Labute approximate surface area is 202 Å². The molecule has 1 aromatic carbocycles. The molecule has 0 amide bonds. The molecule has 2 N–H and O–H groups in total. The van der Waals surface area contributed by atoms with Crippen molar-refractivity contribution in [3.05, 3.63) is 53.0 Å². The van der Waals surface area contributed by atoms with Gasteiger partial charge in [-0.05, 0) is 99.8 Å². The van der Waals surface area contributed by atoms with Crippen LogP contribution in [-0.2, 0) is 0 Å². The monoisotopic (exact) mass is 459 g/mol. The van der Waals surface area contributed by atoms with Gasteiger partial charge in [0.2, 0.25) is 0 Å². The molecule has 0 radical (unpaired) electrons. The van der Waals surface area contributed by atoms with Crippen molar-refractivity contribution in [1.82, 2.24) is 24.5 Å². The van der Waals surface area contributed by atoms with Gasteiger partial charge < -0.3 is 15.0 Å². The number of rotatable bonds is 5. The number of hydrogen-bond acceptors (Lipinski definition) is 4. The molecule has 3 aromatic heterocycles. The van der Waals surface area contributed by atoms with E-state index < -0.39 is 5.60 Å². The third kappa shape index (κ3) is 4.14. The van der Waals surface area contributed by atoms with Crippen LogP contribution in [0.2, 0.25) is 0 Å². The van der Waals surface area contributed by atoms with Crippen LogP contribution in [0.4, 0.5) is 0 Å². The molecule has 4 aromatic rings. The summed E-state index contributed by atoms with van der Waals surface area (Å²) in [5.41, 5.74) is 9.13. The molecule has 1 aliphatic rings. The van der Waals surface area contributed by atoms with Gasteiger partial charge in [0.05, 0.1) is 11.3 Å². The lowest BCUT2D eigenvalue weighted by atomic mass is 9.87. The number of benzene rings is 1. The van der Waals surface area contributed by atoms with Crippen molar-refractivity contribution in [3.8, 4) is 11.3 Å². The van der Waals surface area contributed by atoms with E-state index in [-0.39, 0.29) is 0 Å². The first kappa shape index (κ1) is 23.1. The molecule has 0 unspecified atom stereocenters. The van der Waals surface area contributed by atoms with Gasteiger partial charge in [0.1, 0.15) is 6.33 Å². The van der Waals surface area contributed by atoms with E-state index in [2.05, 4.69) is 72.2 Å². The fourth-order valence-electron chi connectivity index (χ4n) is 5.73. The largest absolute Gasteiger partial charge is 0.389 e. The maximum absolute atomic E-state index is 10.2. The summed E-state index contributed by atoms with van der Waals surface area (Å²) >= 11 is 0. The first-order valence-electron chi connectivity index (χ1n) is 12.5. The summed E-state index contributed by atoms with van der Waals surface area (Å²) in [6.45, 7) is 15.5. The molecule has 0 saturated carbocycles. The Balaban J connectivity index is 1.52. The zero-order valence-electron chi connectivity index (χ0n) is 21.3. The molecule has 5 rings (SSSR count). The van der Waals surface area contributed by atoms with Gasteiger partial charge in [-0.3, -0.25) is 4.40 Å². The predicted octanol–water partition coefficient (Wildman–Crippen LogP) is 5.57. The second-order valence-electron chi connectivity index (χ2n) is 11.1. The zero-order valence-corrected chi connectivity index (χ0v) is 21.3. The number of aromatic nitrogens is 4. The maximum Gasteiger partial charge on any atom is 0.163 e. The Morgan fingerprint density at radius 1 is 1.15 bits per heavy atom. The summed E-state index contributed by atoms with van der Waals surface area (Å²) in [6.07, 6.45) is 6.22. The lowest BCUT2D eigenvalue weighted by Gasteiger charge is -2.35. The van der Waals surface area contributed by atoms with E-state index in [1.165, 1.54) is 44.4 Å². The van der Waals surface area contributed by atoms with E-state index in [0.717, 1.165) is 38.1 Å². The first-order chi connectivity index (χ1) is 16.1. The average molecular weight is 460 g/mol. The fourth-order valence-corrected chi connectivity index (χ4v) is 5.73. The van der Waals surface area contributed by atoms with Crippen LogP contribution in [0.1, 0.15) is 74.6 Å². The van der Waals surface area contributed by atoms with Gasteiger partial charge in [-0.2, -0.15) is 0 Å². The van der Waals surface area contributed by atoms with Gasteiger partial charge >= 0.3 is 0 Å². The normalized spacial score (nSPS) is 16.4. The molecule has 180 valence electrons. The minimum atomic E-state index is -0.633. The minimum absolute atomic E-state index is 0.393. The van der Waals surface area contributed by atoms with Crippen molar-refractivity contribution in [2.75, 3.05) is 19.6 Å². The number of aliphatic hydroxyl groups is 1. The third-order valence-corrected chi connectivity index (χ3v) is 7.52. The first-order valence-corrected chi connectivity index (χ1v) is 12.5. The number of nitrogens with one attached hydrogen (secondary N) is 1. The molecular weight excluding hydrogens is 422 g/mol. The van der Waals surface area contributed by atoms with Crippen molar-refractivity contribution in [2.24, 2.45) is 0 Å². The van der Waals surface area contributed by atoms with E-state index in [1.807, 2.05) is 18.2 Å². The second-order valence-corrected chi connectivity index (χ2v) is 11.1. The lowest BCUT2D eigenvalue weighted by molar-refractivity contribution is 0.0282. The number of piperidine rings is 1. The highest BCUT2D eigenvalue weighted by atomic mass is 16.3. The number of likely N-dealkylation sites (tertiary alicyclic amines) is 1. The highest BCUT2D eigenvalue weighted by molar-refractivity contribution is 5.92. The molecule has 0 aliphatic carbocycles. The van der Waals surface area contributed by atoms with Crippen molar-refractivity contribution in [1.29, 1.82) is 0 Å². The lowest BCUT2D eigenvalue weighted by Crippen LogP contribution is -2.42. The van der Waals surface area contributed by atoms with Crippen LogP contribution in [0, 0.1) is 13.8 Å². The number of pyridine rings is 1. The van der Waals surface area contributed by atoms with Gasteiger partial charge in [0.25, 0.3) is 0 Å². The molecule has 0 atom stereocenters. The Kier molecular flexibility index (Phi) is 5.77. The van der Waals surface area contributed by atoms with E-state index in [1.54, 1.807) is 6.33 Å². The average Bonchev–Trinajstić information content (AvgIpc) is 3.39. The van der Waals surface area contributed by atoms with Crippen LogP contribution in [0.15, 0.2) is 30.7 Å². The quantitative estimate of drug-likeness (QED) is 0.409. The number of H-pyrrole nitrogens is 1. The number of hydrogen-bond donors (Lipinski definition) is 2. The predicted molar refractivity (Wildman–Crippen MR) is 139 cm³/mol. The molecule has 6 heteroatoms. The van der Waals surface area contributed by atoms with E-state index in [9.17, 15) is 5.11 Å². The van der Waals surface area contributed by atoms with Crippen LogP contribution < -0.4 is 0 Å². The summed E-state index contributed by atoms with van der Waals surface area (Å²) in [5.74, 6) is 0.960. The molecule has 0 spiro atoms. The topological polar surface area (TPSA) is 69.5 Å². The van der Waals surface area contributed by atoms with Crippen LogP contribution in [0.25, 0.3) is 27.8 Å². The van der Waals surface area contributed by atoms with Gasteiger partial charge in [-0.15, -0.1) is 10.2 Å². The van der Waals surface area contributed by atoms with Crippen LogP contribution in [0.5, 0.6) is 0 Å².